The third-order valence-corrected chi connectivity index (χ3v) is 9.22. The molecule has 0 aromatic heterocycles. The molecule has 1 aliphatic rings. The average Bonchev–Trinajstić information content (AvgIpc) is 2.94. The lowest BCUT2D eigenvalue weighted by molar-refractivity contribution is -0.139. The van der Waals surface area contributed by atoms with Gasteiger partial charge in [0.15, 0.2) is 0 Å². The SMILES string of the molecule is O=C(NC1CCCCC1)[C@H](Cc1ccccc1)N(Cc1ccc(Cl)cc1Cl)C(=O)CSCc1ccc(Cl)cc1Cl. The molecule has 0 saturated heterocycles. The molecule has 0 unspecified atom stereocenters. The summed E-state index contributed by atoms with van der Waals surface area (Å²) in [4.78, 5) is 29.4. The maximum Gasteiger partial charge on any atom is 0.243 e. The molecule has 1 saturated carbocycles. The molecule has 1 aliphatic carbocycles. The van der Waals surface area contributed by atoms with Gasteiger partial charge in [0.2, 0.25) is 11.8 Å². The van der Waals surface area contributed by atoms with Crippen LogP contribution in [0, 0.1) is 0 Å². The van der Waals surface area contributed by atoms with Crippen LogP contribution in [-0.2, 0) is 28.3 Å². The number of rotatable bonds is 11. The van der Waals surface area contributed by atoms with Crippen LogP contribution in [0.1, 0.15) is 48.8 Å². The van der Waals surface area contributed by atoms with Crippen LogP contribution >= 0.6 is 58.2 Å². The highest BCUT2D eigenvalue weighted by atomic mass is 35.5. The van der Waals surface area contributed by atoms with Gasteiger partial charge in [-0.1, -0.05) is 108 Å². The number of carbonyl (C=O) groups excluding carboxylic acids is 2. The number of thioether (sulfide) groups is 1. The van der Waals surface area contributed by atoms with E-state index in [9.17, 15) is 9.59 Å². The average molecular weight is 638 g/mol. The Hall–Kier alpha value is -1.89. The van der Waals surface area contributed by atoms with Crippen molar-refractivity contribution in [3.8, 4) is 0 Å². The molecular weight excluding hydrogens is 606 g/mol. The minimum atomic E-state index is -0.705. The number of nitrogens with one attached hydrogen (secondary N) is 1. The summed E-state index contributed by atoms with van der Waals surface area (Å²) in [7, 11) is 0. The van der Waals surface area contributed by atoms with E-state index >= 15 is 0 Å². The highest BCUT2D eigenvalue weighted by Gasteiger charge is 2.32. The number of hydrogen-bond donors (Lipinski definition) is 1. The summed E-state index contributed by atoms with van der Waals surface area (Å²) in [5.41, 5.74) is 2.60. The second kappa shape index (κ2) is 15.4. The zero-order chi connectivity index (χ0) is 28.5. The summed E-state index contributed by atoms with van der Waals surface area (Å²) in [6, 6.07) is 19.8. The van der Waals surface area contributed by atoms with E-state index in [1.807, 2.05) is 42.5 Å². The van der Waals surface area contributed by atoms with Gasteiger partial charge >= 0.3 is 0 Å². The van der Waals surface area contributed by atoms with Crippen molar-refractivity contribution in [1.29, 1.82) is 0 Å². The van der Waals surface area contributed by atoms with E-state index in [1.165, 1.54) is 18.2 Å². The van der Waals surface area contributed by atoms with Gasteiger partial charge in [-0.05, 0) is 53.8 Å². The van der Waals surface area contributed by atoms with Crippen molar-refractivity contribution in [3.63, 3.8) is 0 Å². The monoisotopic (exact) mass is 636 g/mol. The van der Waals surface area contributed by atoms with Crippen molar-refractivity contribution in [3.05, 3.63) is 104 Å². The van der Waals surface area contributed by atoms with E-state index in [0.717, 1.165) is 42.4 Å². The highest BCUT2D eigenvalue weighted by Crippen LogP contribution is 2.27. The zero-order valence-electron chi connectivity index (χ0n) is 22.1. The number of amides is 2. The number of benzene rings is 3. The zero-order valence-corrected chi connectivity index (χ0v) is 25.9. The molecule has 212 valence electrons. The summed E-state index contributed by atoms with van der Waals surface area (Å²) in [5.74, 6) is 0.418. The van der Waals surface area contributed by atoms with Crippen LogP contribution in [0.15, 0.2) is 66.7 Å². The van der Waals surface area contributed by atoms with Crippen LogP contribution in [0.4, 0.5) is 0 Å². The Kier molecular flexibility index (Phi) is 11.9. The van der Waals surface area contributed by atoms with E-state index in [1.54, 1.807) is 29.2 Å². The summed E-state index contributed by atoms with van der Waals surface area (Å²) < 4.78 is 0. The summed E-state index contributed by atoms with van der Waals surface area (Å²) in [6.45, 7) is 0.187. The molecule has 0 radical (unpaired) electrons. The van der Waals surface area contributed by atoms with E-state index < -0.39 is 6.04 Å². The minimum absolute atomic E-state index is 0.122. The van der Waals surface area contributed by atoms with Crippen molar-refractivity contribution in [1.82, 2.24) is 10.2 Å². The van der Waals surface area contributed by atoms with Crippen LogP contribution in [0.25, 0.3) is 0 Å². The standard InChI is InChI=1S/C31H32Cl4N2O2S/c32-24-13-11-22(27(34)16-24)18-37(30(38)20-40-19-23-12-14-25(33)17-28(23)35)29(15-21-7-3-1-4-8-21)31(39)36-26-9-5-2-6-10-26/h1,3-4,7-8,11-14,16-17,26,29H,2,5-6,9-10,15,18-20H2,(H,36,39)/t29-/m0/s1. The Balaban J connectivity index is 1.59. The largest absolute Gasteiger partial charge is 0.352 e. The van der Waals surface area contributed by atoms with Gasteiger partial charge in [0.05, 0.1) is 5.75 Å². The number of carbonyl (C=O) groups is 2. The minimum Gasteiger partial charge on any atom is -0.352 e. The Morgan fingerprint density at radius 2 is 1.48 bits per heavy atom. The fraction of sp³-hybridized carbons (Fsp3) is 0.355. The van der Waals surface area contributed by atoms with Crippen LogP contribution in [0.5, 0.6) is 0 Å². The van der Waals surface area contributed by atoms with Gasteiger partial charge in [-0.15, -0.1) is 11.8 Å². The number of nitrogens with zero attached hydrogens (tertiary/aromatic N) is 1. The third kappa shape index (κ3) is 9.06. The molecule has 9 heteroatoms. The fourth-order valence-electron chi connectivity index (χ4n) is 4.90. The molecule has 2 amide bonds. The molecule has 4 nitrogen and oxygen atoms in total. The summed E-state index contributed by atoms with van der Waals surface area (Å²) in [5, 5.41) is 5.35. The predicted molar refractivity (Wildman–Crippen MR) is 169 cm³/mol. The first-order chi connectivity index (χ1) is 19.3. The quantitative estimate of drug-likeness (QED) is 0.229. The van der Waals surface area contributed by atoms with Gasteiger partial charge < -0.3 is 10.2 Å². The number of hydrogen-bond acceptors (Lipinski definition) is 3. The molecule has 0 spiro atoms. The second-order valence-electron chi connectivity index (χ2n) is 10.0. The molecule has 3 aromatic rings. The van der Waals surface area contributed by atoms with Crippen LogP contribution < -0.4 is 5.32 Å². The molecule has 40 heavy (non-hydrogen) atoms. The first-order valence-corrected chi connectivity index (χ1v) is 16.1. The Morgan fingerprint density at radius 1 is 0.850 bits per heavy atom. The van der Waals surface area contributed by atoms with Crippen molar-refractivity contribution < 1.29 is 9.59 Å². The molecule has 1 N–H and O–H groups in total. The smallest absolute Gasteiger partial charge is 0.243 e. The lowest BCUT2D eigenvalue weighted by atomic mass is 9.94. The van der Waals surface area contributed by atoms with Gasteiger partial charge in [0, 0.05) is 44.9 Å². The van der Waals surface area contributed by atoms with E-state index in [0.29, 0.717) is 32.3 Å². The molecular formula is C31H32Cl4N2O2S. The molecule has 0 heterocycles. The summed E-state index contributed by atoms with van der Waals surface area (Å²) in [6.07, 6.45) is 5.69. The normalized spacial score (nSPS) is 14.5. The van der Waals surface area contributed by atoms with E-state index in [2.05, 4.69) is 5.32 Å². The topological polar surface area (TPSA) is 49.4 Å². The second-order valence-corrected chi connectivity index (χ2v) is 12.7. The van der Waals surface area contributed by atoms with Crippen molar-refractivity contribution in [2.24, 2.45) is 0 Å². The van der Waals surface area contributed by atoms with Gasteiger partial charge in [-0.3, -0.25) is 9.59 Å². The molecule has 4 rings (SSSR count). The van der Waals surface area contributed by atoms with Crippen molar-refractivity contribution in [2.45, 2.75) is 62.9 Å². The number of halogens is 4. The van der Waals surface area contributed by atoms with Gasteiger partial charge in [0.1, 0.15) is 6.04 Å². The molecule has 1 fully saturated rings. The van der Waals surface area contributed by atoms with E-state index in [4.69, 9.17) is 46.4 Å². The van der Waals surface area contributed by atoms with Gasteiger partial charge in [-0.25, -0.2) is 0 Å². The maximum absolute atomic E-state index is 13.9. The molecule has 0 bridgehead atoms. The van der Waals surface area contributed by atoms with Gasteiger partial charge in [0.25, 0.3) is 0 Å². The first-order valence-electron chi connectivity index (χ1n) is 13.4. The Morgan fingerprint density at radius 3 is 2.10 bits per heavy atom. The van der Waals surface area contributed by atoms with Crippen molar-refractivity contribution >= 4 is 70.0 Å². The van der Waals surface area contributed by atoms with E-state index in [-0.39, 0.29) is 30.2 Å². The lowest BCUT2D eigenvalue weighted by Crippen LogP contribution is -2.53. The lowest BCUT2D eigenvalue weighted by Gasteiger charge is -2.33. The van der Waals surface area contributed by atoms with Crippen molar-refractivity contribution in [2.75, 3.05) is 5.75 Å². The molecule has 1 atom stereocenters. The Bertz CT molecular complexity index is 1300. The fourth-order valence-corrected chi connectivity index (χ4v) is 6.84. The maximum atomic E-state index is 13.9. The summed E-state index contributed by atoms with van der Waals surface area (Å²) >= 11 is 26.5. The Labute approximate surface area is 260 Å². The molecule has 0 aliphatic heterocycles. The molecule has 3 aromatic carbocycles. The van der Waals surface area contributed by atoms with Crippen LogP contribution in [0.3, 0.4) is 0 Å². The highest BCUT2D eigenvalue weighted by molar-refractivity contribution is 7.99. The predicted octanol–water partition coefficient (Wildman–Crippen LogP) is 8.62. The third-order valence-electron chi connectivity index (χ3n) is 7.08. The van der Waals surface area contributed by atoms with Gasteiger partial charge in [-0.2, -0.15) is 0 Å². The first kappa shape index (κ1) is 31.1. The van der Waals surface area contributed by atoms with Crippen LogP contribution in [-0.4, -0.2) is 34.6 Å². The van der Waals surface area contributed by atoms with Crippen LogP contribution in [0.2, 0.25) is 20.1 Å².